The lowest BCUT2D eigenvalue weighted by atomic mass is 9.61. The molecule has 1 aromatic rings. The molecule has 2 rings (SSSR count). The topological polar surface area (TPSA) is 0 Å². The fraction of sp³-hybridized carbons (Fsp3) is 0.700. The van der Waals surface area contributed by atoms with E-state index in [0.717, 1.165) is 29.6 Å². The molecule has 0 N–H and O–H groups in total. The second-order valence-corrected chi connectivity index (χ2v) is 7.07. The first-order valence-corrected chi connectivity index (χ1v) is 8.65. The molecule has 0 nitrogen and oxygen atoms in total. The number of rotatable bonds is 4. The van der Waals surface area contributed by atoms with Crippen LogP contribution in [0.25, 0.3) is 0 Å². The van der Waals surface area contributed by atoms with Crippen molar-refractivity contribution in [1.29, 1.82) is 0 Å². The highest BCUT2D eigenvalue weighted by Crippen LogP contribution is 2.44. The maximum Gasteiger partial charge on any atom is -0.0245 e. The van der Waals surface area contributed by atoms with Gasteiger partial charge in [-0.25, -0.2) is 0 Å². The van der Waals surface area contributed by atoms with Crippen molar-refractivity contribution in [3.63, 3.8) is 0 Å². The molecular weight excluding hydrogens is 240 g/mol. The second kappa shape index (κ2) is 6.78. The van der Waals surface area contributed by atoms with Crippen LogP contribution in [0.1, 0.15) is 58.6 Å². The average Bonchev–Trinajstić information content (AvgIpc) is 2.48. The zero-order chi connectivity index (χ0) is 14.7. The zero-order valence-electron chi connectivity index (χ0n) is 14.0. The molecule has 1 fully saturated rings. The van der Waals surface area contributed by atoms with Gasteiger partial charge in [0, 0.05) is 0 Å². The Morgan fingerprint density at radius 3 is 2.05 bits per heavy atom. The summed E-state index contributed by atoms with van der Waals surface area (Å²) in [7, 11) is 0. The van der Waals surface area contributed by atoms with Crippen molar-refractivity contribution >= 4 is 0 Å². The Kier molecular flexibility index (Phi) is 5.29. The summed E-state index contributed by atoms with van der Waals surface area (Å²) in [6, 6.07) is 9.07. The van der Waals surface area contributed by atoms with Gasteiger partial charge < -0.3 is 0 Å². The molecule has 1 aliphatic rings. The van der Waals surface area contributed by atoms with E-state index >= 15 is 0 Å². The first kappa shape index (κ1) is 15.6. The van der Waals surface area contributed by atoms with E-state index < -0.39 is 0 Å². The molecule has 0 heteroatoms. The fourth-order valence-electron chi connectivity index (χ4n) is 4.35. The highest BCUT2D eigenvalue weighted by atomic mass is 14.4. The minimum atomic E-state index is 0.859. The third kappa shape index (κ3) is 3.10. The molecule has 2 unspecified atom stereocenters. The Hall–Kier alpha value is -0.780. The van der Waals surface area contributed by atoms with E-state index in [1.165, 1.54) is 25.7 Å². The summed E-state index contributed by atoms with van der Waals surface area (Å²) in [4.78, 5) is 0. The third-order valence-corrected chi connectivity index (χ3v) is 6.26. The van der Waals surface area contributed by atoms with Crippen LogP contribution in [0.15, 0.2) is 24.3 Å². The molecule has 1 aliphatic carbocycles. The van der Waals surface area contributed by atoms with Crippen molar-refractivity contribution < 1.29 is 0 Å². The van der Waals surface area contributed by atoms with Crippen molar-refractivity contribution in [2.75, 3.05) is 0 Å². The summed E-state index contributed by atoms with van der Waals surface area (Å²) in [6.45, 7) is 12.1. The summed E-state index contributed by atoms with van der Waals surface area (Å²) in [6.07, 6.45) is 5.24. The smallest absolute Gasteiger partial charge is 0.0245 e. The normalized spacial score (nSPS) is 34.1. The van der Waals surface area contributed by atoms with E-state index in [0.29, 0.717) is 0 Å². The van der Waals surface area contributed by atoms with Gasteiger partial charge in [-0.2, -0.15) is 0 Å². The van der Waals surface area contributed by atoms with Gasteiger partial charge in [-0.3, -0.25) is 0 Å². The molecule has 0 amide bonds. The molecule has 0 radical (unpaired) electrons. The van der Waals surface area contributed by atoms with Gasteiger partial charge in [0.1, 0.15) is 0 Å². The van der Waals surface area contributed by atoms with Gasteiger partial charge >= 0.3 is 0 Å². The molecule has 0 spiro atoms. The molecule has 112 valence electrons. The summed E-state index contributed by atoms with van der Waals surface area (Å²) in [5, 5.41) is 0. The first-order chi connectivity index (χ1) is 9.58. The van der Waals surface area contributed by atoms with Crippen LogP contribution in [0.5, 0.6) is 0 Å². The van der Waals surface area contributed by atoms with Crippen LogP contribution in [-0.2, 0) is 12.8 Å². The Balaban J connectivity index is 2.15. The van der Waals surface area contributed by atoms with E-state index in [2.05, 4.69) is 58.9 Å². The Labute approximate surface area is 126 Å². The number of hydrogen-bond acceptors (Lipinski definition) is 0. The molecule has 0 bridgehead atoms. The van der Waals surface area contributed by atoms with Gasteiger partial charge in [-0.15, -0.1) is 0 Å². The van der Waals surface area contributed by atoms with E-state index in [-0.39, 0.29) is 0 Å². The molecule has 1 saturated carbocycles. The van der Waals surface area contributed by atoms with E-state index in [4.69, 9.17) is 0 Å². The lowest BCUT2D eigenvalue weighted by molar-refractivity contribution is 0.0646. The largest absolute Gasteiger partial charge is 0.0651 e. The zero-order valence-corrected chi connectivity index (χ0v) is 14.0. The summed E-state index contributed by atoms with van der Waals surface area (Å²) in [5.41, 5.74) is 3.16. The lowest BCUT2D eigenvalue weighted by Gasteiger charge is -2.44. The third-order valence-electron chi connectivity index (χ3n) is 6.26. The summed E-state index contributed by atoms with van der Waals surface area (Å²) >= 11 is 0. The SMILES string of the molecule is CCc1ccccc1C[C@@H]1C[C@H](CC)C(C)[C@H](C)C1C. The van der Waals surface area contributed by atoms with Crippen LogP contribution in [0, 0.1) is 29.6 Å². The minimum Gasteiger partial charge on any atom is -0.0651 e. The Bertz CT molecular complexity index is 418. The van der Waals surface area contributed by atoms with Crippen molar-refractivity contribution in [1.82, 2.24) is 0 Å². The molecule has 5 atom stereocenters. The van der Waals surface area contributed by atoms with Gasteiger partial charge in [0.15, 0.2) is 0 Å². The van der Waals surface area contributed by atoms with E-state index in [1.807, 2.05) is 0 Å². The van der Waals surface area contributed by atoms with Gasteiger partial charge in [-0.05, 0) is 60.0 Å². The van der Waals surface area contributed by atoms with Crippen LogP contribution < -0.4 is 0 Å². The molecule has 0 saturated heterocycles. The number of benzene rings is 1. The standard InChI is InChI=1S/C20H32/c1-6-17-10-8-9-11-19(17)13-20-12-18(7-2)15(4)14(3)16(20)5/h8-11,14-16,18,20H,6-7,12-13H2,1-5H3/t14-,15?,16?,18-,20-/m0/s1. The second-order valence-electron chi connectivity index (χ2n) is 7.07. The van der Waals surface area contributed by atoms with Crippen LogP contribution in [0.3, 0.4) is 0 Å². The summed E-state index contributed by atoms with van der Waals surface area (Å²) in [5.74, 6) is 4.43. The molecular formula is C20H32. The van der Waals surface area contributed by atoms with Crippen molar-refractivity contribution in [2.24, 2.45) is 29.6 Å². The molecule has 0 aliphatic heterocycles. The molecule has 1 aromatic carbocycles. The molecule has 0 aromatic heterocycles. The molecule has 20 heavy (non-hydrogen) atoms. The maximum atomic E-state index is 2.49. The number of hydrogen-bond donors (Lipinski definition) is 0. The van der Waals surface area contributed by atoms with Crippen LogP contribution in [0.4, 0.5) is 0 Å². The Morgan fingerprint density at radius 1 is 0.850 bits per heavy atom. The van der Waals surface area contributed by atoms with E-state index in [9.17, 15) is 0 Å². The van der Waals surface area contributed by atoms with Crippen LogP contribution in [0.2, 0.25) is 0 Å². The summed E-state index contributed by atoms with van der Waals surface area (Å²) < 4.78 is 0. The van der Waals surface area contributed by atoms with Gasteiger partial charge in [-0.1, -0.05) is 65.3 Å². The number of aryl methyl sites for hydroxylation is 1. The molecule has 0 heterocycles. The van der Waals surface area contributed by atoms with Crippen LogP contribution in [-0.4, -0.2) is 0 Å². The van der Waals surface area contributed by atoms with Crippen molar-refractivity contribution in [2.45, 2.75) is 60.3 Å². The quantitative estimate of drug-likeness (QED) is 0.655. The van der Waals surface area contributed by atoms with Gasteiger partial charge in [0.25, 0.3) is 0 Å². The van der Waals surface area contributed by atoms with Gasteiger partial charge in [0.2, 0.25) is 0 Å². The fourth-order valence-corrected chi connectivity index (χ4v) is 4.35. The van der Waals surface area contributed by atoms with Crippen LogP contribution >= 0.6 is 0 Å². The highest BCUT2D eigenvalue weighted by Gasteiger charge is 2.37. The maximum absolute atomic E-state index is 2.49. The highest BCUT2D eigenvalue weighted by molar-refractivity contribution is 5.27. The monoisotopic (exact) mass is 272 g/mol. The average molecular weight is 272 g/mol. The Morgan fingerprint density at radius 2 is 1.45 bits per heavy atom. The van der Waals surface area contributed by atoms with E-state index in [1.54, 1.807) is 11.1 Å². The predicted octanol–water partition coefficient (Wildman–Crippen LogP) is 5.75. The van der Waals surface area contributed by atoms with Crippen molar-refractivity contribution in [3.05, 3.63) is 35.4 Å². The van der Waals surface area contributed by atoms with Crippen molar-refractivity contribution in [3.8, 4) is 0 Å². The lowest BCUT2D eigenvalue weighted by Crippen LogP contribution is -2.37. The first-order valence-electron chi connectivity index (χ1n) is 8.65. The minimum absolute atomic E-state index is 0.859. The predicted molar refractivity (Wildman–Crippen MR) is 88.9 cm³/mol. The van der Waals surface area contributed by atoms with Gasteiger partial charge in [0.05, 0.1) is 0 Å².